The van der Waals surface area contributed by atoms with E-state index in [1.54, 1.807) is 24.4 Å². The van der Waals surface area contributed by atoms with Crippen molar-refractivity contribution in [2.45, 2.75) is 36.2 Å². The molecule has 0 aliphatic carbocycles. The molecule has 0 amide bonds. The van der Waals surface area contributed by atoms with Crippen LogP contribution in [-0.2, 0) is 22.1 Å². The summed E-state index contributed by atoms with van der Waals surface area (Å²) < 4.78 is 27.9. The van der Waals surface area contributed by atoms with Gasteiger partial charge in [-0.15, -0.1) is 0 Å². The van der Waals surface area contributed by atoms with Gasteiger partial charge in [-0.2, -0.15) is 10.4 Å². The van der Waals surface area contributed by atoms with Gasteiger partial charge in [-0.05, 0) is 48.7 Å². The van der Waals surface area contributed by atoms with Crippen molar-refractivity contribution in [3.05, 3.63) is 88.1 Å². The smallest absolute Gasteiger partial charge is 0.261 e. The van der Waals surface area contributed by atoms with E-state index in [1.165, 1.54) is 26.2 Å². The number of rotatable bonds is 8. The number of fused-ring (bicyclic) bond motifs is 1. The third-order valence-electron chi connectivity index (χ3n) is 7.62. The summed E-state index contributed by atoms with van der Waals surface area (Å²) in [5.74, 6) is 0.338. The topological polar surface area (TPSA) is 131 Å². The van der Waals surface area contributed by atoms with Crippen LogP contribution >= 0.6 is 0 Å². The molecule has 2 N–H and O–H groups in total. The number of anilines is 2. The third kappa shape index (κ3) is 5.45. The zero-order valence-corrected chi connectivity index (χ0v) is 23.6. The van der Waals surface area contributed by atoms with Crippen molar-refractivity contribution in [1.82, 2.24) is 24.0 Å². The first-order valence-corrected chi connectivity index (χ1v) is 14.6. The van der Waals surface area contributed by atoms with Crippen LogP contribution in [0.4, 0.5) is 17.2 Å². The fraction of sp³-hybridized carbons (Fsp3) is 0.310. The highest BCUT2D eigenvalue weighted by atomic mass is 32.2. The van der Waals surface area contributed by atoms with E-state index in [0.717, 1.165) is 29.5 Å². The van der Waals surface area contributed by atoms with Crippen LogP contribution in [0.15, 0.2) is 70.5 Å². The number of sulfonamides is 1. The number of hydrogen-bond donors (Lipinski definition) is 2. The standard InChI is InChI=1S/C29H30N8O3S/c1-31-22-6-4-21(5-7-22)20-36-18-14-29(13-16-30,15-19-36)37-25-12-17-32-28(38)26(25)27(34-37)33-23-8-10-24(11-9-23)41(39,40)35(2)3/h4-12,17H,13-15,18-20H2,2-3H3,(H,32,38)(H,33,34). The molecule has 12 heteroatoms. The maximum atomic E-state index is 13.0. The van der Waals surface area contributed by atoms with Crippen molar-refractivity contribution >= 4 is 38.1 Å². The van der Waals surface area contributed by atoms with Crippen LogP contribution in [0.3, 0.4) is 0 Å². The molecule has 0 spiro atoms. The average Bonchev–Trinajstić information content (AvgIpc) is 3.35. The number of nitrogens with zero attached hydrogens (tertiary/aromatic N) is 6. The Balaban J connectivity index is 1.44. The molecule has 1 fully saturated rings. The number of piperidine rings is 1. The molecule has 3 heterocycles. The summed E-state index contributed by atoms with van der Waals surface area (Å²) >= 11 is 0. The predicted molar refractivity (Wildman–Crippen MR) is 156 cm³/mol. The number of hydrogen-bond acceptors (Lipinski definition) is 7. The number of pyridine rings is 1. The summed E-state index contributed by atoms with van der Waals surface area (Å²) in [6, 6.07) is 18.0. The molecule has 1 saturated heterocycles. The van der Waals surface area contributed by atoms with E-state index < -0.39 is 15.6 Å². The molecule has 0 saturated carbocycles. The fourth-order valence-electron chi connectivity index (χ4n) is 5.26. The van der Waals surface area contributed by atoms with Gasteiger partial charge in [0.25, 0.3) is 5.56 Å². The molecule has 2 aromatic carbocycles. The molecule has 2 aromatic heterocycles. The van der Waals surface area contributed by atoms with Crippen molar-refractivity contribution in [2.75, 3.05) is 32.5 Å². The molecule has 41 heavy (non-hydrogen) atoms. The first kappa shape index (κ1) is 28.1. The van der Waals surface area contributed by atoms with Crippen molar-refractivity contribution < 1.29 is 8.42 Å². The number of aromatic amines is 1. The van der Waals surface area contributed by atoms with Gasteiger partial charge in [0.15, 0.2) is 11.5 Å². The van der Waals surface area contributed by atoms with E-state index in [9.17, 15) is 18.5 Å². The molecular formula is C29H30N8O3S. The molecule has 1 aliphatic heterocycles. The summed E-state index contributed by atoms with van der Waals surface area (Å²) in [5, 5.41) is 18.2. The van der Waals surface area contributed by atoms with Crippen LogP contribution in [0.2, 0.25) is 0 Å². The Morgan fingerprint density at radius 2 is 1.80 bits per heavy atom. The zero-order valence-electron chi connectivity index (χ0n) is 22.8. The normalized spacial score (nSPS) is 15.4. The first-order valence-electron chi connectivity index (χ1n) is 13.1. The van der Waals surface area contributed by atoms with Crippen LogP contribution in [0.25, 0.3) is 15.7 Å². The third-order valence-corrected chi connectivity index (χ3v) is 9.44. The highest BCUT2D eigenvalue weighted by molar-refractivity contribution is 7.89. The first-order chi connectivity index (χ1) is 19.7. The number of nitriles is 1. The van der Waals surface area contributed by atoms with Crippen LogP contribution in [0, 0.1) is 17.9 Å². The Morgan fingerprint density at radius 3 is 2.41 bits per heavy atom. The van der Waals surface area contributed by atoms with E-state index in [1.807, 2.05) is 28.9 Å². The van der Waals surface area contributed by atoms with Crippen molar-refractivity contribution in [2.24, 2.45) is 0 Å². The van der Waals surface area contributed by atoms with E-state index in [-0.39, 0.29) is 16.9 Å². The van der Waals surface area contributed by atoms with Crippen LogP contribution in [0.1, 0.15) is 24.8 Å². The van der Waals surface area contributed by atoms with E-state index >= 15 is 0 Å². The summed E-state index contributed by atoms with van der Waals surface area (Å²) in [5.41, 5.74) is 2.02. The lowest BCUT2D eigenvalue weighted by molar-refractivity contribution is 0.101. The molecule has 210 valence electrons. The van der Waals surface area contributed by atoms with Crippen molar-refractivity contribution in [3.8, 4) is 6.07 Å². The monoisotopic (exact) mass is 570 g/mol. The molecule has 0 radical (unpaired) electrons. The summed E-state index contributed by atoms with van der Waals surface area (Å²) in [7, 11) is -0.628. The van der Waals surface area contributed by atoms with E-state index in [2.05, 4.69) is 26.1 Å². The molecular weight excluding hydrogens is 540 g/mol. The minimum Gasteiger partial charge on any atom is -0.338 e. The van der Waals surface area contributed by atoms with Gasteiger partial charge in [0, 0.05) is 45.6 Å². The average molecular weight is 571 g/mol. The highest BCUT2D eigenvalue weighted by Gasteiger charge is 2.39. The predicted octanol–water partition coefficient (Wildman–Crippen LogP) is 4.17. The lowest BCUT2D eigenvalue weighted by atomic mass is 9.84. The maximum absolute atomic E-state index is 13.0. The van der Waals surface area contributed by atoms with Crippen LogP contribution in [0.5, 0.6) is 0 Å². The SMILES string of the molecule is [C-]#[N+]c1ccc(CN2CCC(CC#N)(n3nc(Nc4ccc(S(=O)(=O)N(C)C)cc4)c4c(=O)[nH]ccc43)CC2)cc1. The van der Waals surface area contributed by atoms with Gasteiger partial charge in [-0.3, -0.25) is 14.4 Å². The number of benzene rings is 2. The van der Waals surface area contributed by atoms with Crippen molar-refractivity contribution in [3.63, 3.8) is 0 Å². The van der Waals surface area contributed by atoms with E-state index in [4.69, 9.17) is 11.7 Å². The zero-order chi connectivity index (χ0) is 29.2. The molecule has 11 nitrogen and oxygen atoms in total. The Hall–Kier alpha value is -4.49. The van der Waals surface area contributed by atoms with Crippen LogP contribution < -0.4 is 10.9 Å². The van der Waals surface area contributed by atoms with Crippen LogP contribution in [-0.4, -0.2) is 59.6 Å². The molecule has 1 aliphatic rings. The van der Waals surface area contributed by atoms with E-state index in [0.29, 0.717) is 40.9 Å². The van der Waals surface area contributed by atoms with Crippen molar-refractivity contribution in [1.29, 1.82) is 5.26 Å². The van der Waals surface area contributed by atoms with Gasteiger partial charge in [0.05, 0.1) is 35.0 Å². The second-order valence-corrected chi connectivity index (χ2v) is 12.5. The molecule has 4 aromatic rings. The Morgan fingerprint density at radius 1 is 1.12 bits per heavy atom. The van der Waals surface area contributed by atoms with Gasteiger partial charge in [-0.25, -0.2) is 17.6 Å². The lowest BCUT2D eigenvalue weighted by Crippen LogP contribution is -2.46. The summed E-state index contributed by atoms with van der Waals surface area (Å²) in [4.78, 5) is 21.6. The number of H-pyrrole nitrogens is 1. The molecule has 0 unspecified atom stereocenters. The second-order valence-electron chi connectivity index (χ2n) is 10.4. The maximum Gasteiger partial charge on any atom is 0.261 e. The number of aromatic nitrogens is 3. The number of nitrogens with one attached hydrogen (secondary N) is 2. The second kappa shape index (κ2) is 11.2. The minimum absolute atomic E-state index is 0.156. The summed E-state index contributed by atoms with van der Waals surface area (Å²) in [6.07, 6.45) is 3.15. The molecule has 0 bridgehead atoms. The fourth-order valence-corrected chi connectivity index (χ4v) is 6.16. The van der Waals surface area contributed by atoms with Gasteiger partial charge < -0.3 is 10.3 Å². The summed E-state index contributed by atoms with van der Waals surface area (Å²) in [6.45, 7) is 9.36. The Bertz CT molecular complexity index is 1800. The van der Waals surface area contributed by atoms with Gasteiger partial charge in [-0.1, -0.05) is 24.3 Å². The largest absolute Gasteiger partial charge is 0.338 e. The number of likely N-dealkylation sites (tertiary alicyclic amines) is 1. The minimum atomic E-state index is -3.58. The lowest BCUT2D eigenvalue weighted by Gasteiger charge is -2.41. The molecule has 5 rings (SSSR count). The van der Waals surface area contributed by atoms with Gasteiger partial charge in [0.2, 0.25) is 10.0 Å². The quantitative estimate of drug-likeness (QED) is 0.304. The Labute approximate surface area is 238 Å². The Kier molecular flexibility index (Phi) is 7.65. The van der Waals surface area contributed by atoms with Gasteiger partial charge >= 0.3 is 0 Å². The molecule has 0 atom stereocenters. The highest BCUT2D eigenvalue weighted by Crippen LogP contribution is 2.38. The van der Waals surface area contributed by atoms with Gasteiger partial charge in [0.1, 0.15) is 5.39 Å².